The number of nitrogens with zero attached hydrogens (tertiary/aromatic N) is 3. The van der Waals surface area contributed by atoms with Crippen LogP contribution in [0.3, 0.4) is 0 Å². The smallest absolute Gasteiger partial charge is 0.272 e. The average molecular weight is 311 g/mol. The number of carbonyl (C=O) groups excluding carboxylic acids is 1. The highest BCUT2D eigenvalue weighted by molar-refractivity contribution is 5.88. The van der Waals surface area contributed by atoms with E-state index in [-0.39, 0.29) is 23.9 Å². The predicted octanol–water partition coefficient (Wildman–Crippen LogP) is 0.867. The summed E-state index contributed by atoms with van der Waals surface area (Å²) in [5.41, 5.74) is 0.306. The fourth-order valence-electron chi connectivity index (χ4n) is 2.52. The van der Waals surface area contributed by atoms with Gasteiger partial charge in [0.2, 0.25) is 5.91 Å². The van der Waals surface area contributed by atoms with Crippen LogP contribution in [0, 0.1) is 0 Å². The van der Waals surface area contributed by atoms with Crippen LogP contribution in [0.5, 0.6) is 0 Å². The number of benzene rings is 1. The van der Waals surface area contributed by atoms with E-state index in [4.69, 9.17) is 0 Å². The second-order valence-electron chi connectivity index (χ2n) is 5.42. The fraction of sp³-hybridized carbons (Fsp3) is 0.250. The van der Waals surface area contributed by atoms with E-state index in [0.29, 0.717) is 23.0 Å². The number of amides is 1. The first-order chi connectivity index (χ1) is 11.1. The molecule has 0 saturated carbocycles. The highest BCUT2D eigenvalue weighted by Crippen LogP contribution is 2.12. The van der Waals surface area contributed by atoms with Gasteiger partial charge in [-0.25, -0.2) is 5.10 Å². The number of fused-ring (bicyclic) bond motifs is 1. The molecule has 0 fully saturated rings. The summed E-state index contributed by atoms with van der Waals surface area (Å²) in [7, 11) is 0. The number of hydrogen-bond acceptors (Lipinski definition) is 4. The first-order valence-electron chi connectivity index (χ1n) is 7.36. The predicted molar refractivity (Wildman–Crippen MR) is 85.9 cm³/mol. The topological polar surface area (TPSA) is 92.7 Å². The summed E-state index contributed by atoms with van der Waals surface area (Å²) in [5, 5.41) is 14.7. The average Bonchev–Trinajstić information content (AvgIpc) is 3.03. The molecule has 0 aliphatic rings. The molecule has 0 bridgehead atoms. The Balaban J connectivity index is 1.71. The van der Waals surface area contributed by atoms with Crippen molar-refractivity contribution >= 4 is 16.7 Å². The van der Waals surface area contributed by atoms with E-state index in [9.17, 15) is 9.59 Å². The summed E-state index contributed by atoms with van der Waals surface area (Å²) in [6, 6.07) is 8.91. The molecule has 7 heteroatoms. The van der Waals surface area contributed by atoms with Gasteiger partial charge in [0, 0.05) is 23.8 Å². The van der Waals surface area contributed by atoms with Crippen LogP contribution in [0.2, 0.25) is 0 Å². The molecule has 7 nitrogen and oxygen atoms in total. The number of H-pyrrole nitrogens is 1. The number of rotatable bonds is 5. The lowest BCUT2D eigenvalue weighted by Gasteiger charge is -2.14. The summed E-state index contributed by atoms with van der Waals surface area (Å²) >= 11 is 0. The Morgan fingerprint density at radius 3 is 2.83 bits per heavy atom. The van der Waals surface area contributed by atoms with Crippen LogP contribution < -0.4 is 10.9 Å². The molecule has 3 aromatic rings. The molecule has 1 unspecified atom stereocenters. The van der Waals surface area contributed by atoms with E-state index in [2.05, 4.69) is 20.6 Å². The molecule has 0 radical (unpaired) electrons. The van der Waals surface area contributed by atoms with E-state index in [0.717, 1.165) is 0 Å². The number of aromatic nitrogens is 4. The Kier molecular flexibility index (Phi) is 4.18. The minimum absolute atomic E-state index is 0.0589. The lowest BCUT2D eigenvalue weighted by Crippen LogP contribution is -2.37. The van der Waals surface area contributed by atoms with Crippen LogP contribution in [0.4, 0.5) is 0 Å². The summed E-state index contributed by atoms with van der Waals surface area (Å²) in [5.74, 6) is -0.144. The molecule has 1 aromatic carbocycles. The molecule has 0 saturated heterocycles. The standard InChI is InChI=1S/C16H17N5O2/c1-11(10-21-8-4-7-17-21)18-15(22)9-14-12-5-2-3-6-13(12)16(23)20-19-14/h2-8,11H,9-10H2,1H3,(H,18,22)(H,20,23). The second kappa shape index (κ2) is 6.43. The number of carbonyl (C=O) groups is 1. The van der Waals surface area contributed by atoms with Gasteiger partial charge in [-0.1, -0.05) is 18.2 Å². The molecule has 3 rings (SSSR count). The van der Waals surface area contributed by atoms with Crippen LogP contribution >= 0.6 is 0 Å². The Morgan fingerprint density at radius 1 is 1.30 bits per heavy atom. The minimum atomic E-state index is -0.253. The molecular formula is C16H17N5O2. The summed E-state index contributed by atoms with van der Waals surface area (Å²) < 4.78 is 1.76. The highest BCUT2D eigenvalue weighted by atomic mass is 16.1. The van der Waals surface area contributed by atoms with Crippen molar-refractivity contribution in [2.45, 2.75) is 25.9 Å². The van der Waals surface area contributed by atoms with Crippen LogP contribution in [-0.4, -0.2) is 31.9 Å². The molecular weight excluding hydrogens is 294 g/mol. The molecule has 118 valence electrons. The van der Waals surface area contributed by atoms with Gasteiger partial charge < -0.3 is 5.32 Å². The maximum atomic E-state index is 12.2. The van der Waals surface area contributed by atoms with E-state index in [1.54, 1.807) is 29.1 Å². The molecule has 0 aliphatic carbocycles. The summed E-state index contributed by atoms with van der Waals surface area (Å²) in [6.45, 7) is 2.51. The van der Waals surface area contributed by atoms with Gasteiger partial charge in [0.25, 0.3) is 5.56 Å². The maximum absolute atomic E-state index is 12.2. The molecule has 1 amide bonds. The third-order valence-corrected chi connectivity index (χ3v) is 3.53. The van der Waals surface area contributed by atoms with Crippen molar-refractivity contribution in [3.05, 3.63) is 58.8 Å². The van der Waals surface area contributed by atoms with Gasteiger partial charge in [-0.05, 0) is 19.1 Å². The zero-order valence-corrected chi connectivity index (χ0v) is 12.7. The van der Waals surface area contributed by atoms with Crippen molar-refractivity contribution in [1.29, 1.82) is 0 Å². The van der Waals surface area contributed by atoms with E-state index < -0.39 is 0 Å². The molecule has 1 atom stereocenters. The largest absolute Gasteiger partial charge is 0.351 e. The number of aromatic amines is 1. The molecule has 2 aromatic heterocycles. The van der Waals surface area contributed by atoms with Crippen molar-refractivity contribution in [1.82, 2.24) is 25.3 Å². The van der Waals surface area contributed by atoms with E-state index >= 15 is 0 Å². The summed E-state index contributed by atoms with van der Waals surface area (Å²) in [6.07, 6.45) is 3.66. The van der Waals surface area contributed by atoms with E-state index in [1.807, 2.05) is 25.3 Å². The second-order valence-corrected chi connectivity index (χ2v) is 5.42. The monoisotopic (exact) mass is 311 g/mol. The normalized spacial score (nSPS) is 12.2. The third kappa shape index (κ3) is 3.45. The SMILES string of the molecule is CC(Cn1cccn1)NC(=O)Cc1n[nH]c(=O)c2ccccc12. The summed E-state index contributed by atoms with van der Waals surface area (Å²) in [4.78, 5) is 24.0. The van der Waals surface area contributed by atoms with Gasteiger partial charge in [0.05, 0.1) is 24.0 Å². The van der Waals surface area contributed by atoms with Gasteiger partial charge in [-0.2, -0.15) is 10.2 Å². The van der Waals surface area contributed by atoms with Gasteiger partial charge in [-0.3, -0.25) is 14.3 Å². The molecule has 2 N–H and O–H groups in total. The van der Waals surface area contributed by atoms with Gasteiger partial charge in [0.1, 0.15) is 0 Å². The van der Waals surface area contributed by atoms with Crippen molar-refractivity contribution in [2.24, 2.45) is 0 Å². The fourth-order valence-corrected chi connectivity index (χ4v) is 2.52. The number of hydrogen-bond donors (Lipinski definition) is 2. The van der Waals surface area contributed by atoms with Crippen LogP contribution in [0.15, 0.2) is 47.5 Å². The van der Waals surface area contributed by atoms with Gasteiger partial charge in [-0.15, -0.1) is 0 Å². The van der Waals surface area contributed by atoms with Crippen molar-refractivity contribution in [3.63, 3.8) is 0 Å². The first kappa shape index (κ1) is 15.0. The van der Waals surface area contributed by atoms with Crippen LogP contribution in [0.25, 0.3) is 10.8 Å². The van der Waals surface area contributed by atoms with E-state index in [1.165, 1.54) is 0 Å². The van der Waals surface area contributed by atoms with Crippen molar-refractivity contribution < 1.29 is 4.79 Å². The Morgan fingerprint density at radius 2 is 2.09 bits per heavy atom. The zero-order chi connectivity index (χ0) is 16.2. The lowest BCUT2D eigenvalue weighted by atomic mass is 10.1. The Bertz CT molecular complexity index is 870. The Hall–Kier alpha value is -2.96. The lowest BCUT2D eigenvalue weighted by molar-refractivity contribution is -0.121. The Labute approximate surface area is 132 Å². The highest BCUT2D eigenvalue weighted by Gasteiger charge is 2.13. The molecule has 0 spiro atoms. The van der Waals surface area contributed by atoms with Crippen LogP contribution in [0.1, 0.15) is 12.6 Å². The molecule has 2 heterocycles. The minimum Gasteiger partial charge on any atom is -0.351 e. The number of nitrogens with one attached hydrogen (secondary N) is 2. The van der Waals surface area contributed by atoms with Crippen molar-refractivity contribution in [2.75, 3.05) is 0 Å². The first-order valence-corrected chi connectivity index (χ1v) is 7.36. The van der Waals surface area contributed by atoms with Gasteiger partial charge >= 0.3 is 0 Å². The molecule has 0 aliphatic heterocycles. The van der Waals surface area contributed by atoms with Gasteiger partial charge in [0.15, 0.2) is 0 Å². The quantitative estimate of drug-likeness (QED) is 0.731. The third-order valence-electron chi connectivity index (χ3n) is 3.53. The zero-order valence-electron chi connectivity index (χ0n) is 12.7. The molecule has 23 heavy (non-hydrogen) atoms. The van der Waals surface area contributed by atoms with Crippen LogP contribution in [-0.2, 0) is 17.8 Å². The maximum Gasteiger partial charge on any atom is 0.272 e. The van der Waals surface area contributed by atoms with Crippen molar-refractivity contribution in [3.8, 4) is 0 Å².